The van der Waals surface area contributed by atoms with Crippen LogP contribution in [0.3, 0.4) is 0 Å². The van der Waals surface area contributed by atoms with Crippen molar-refractivity contribution in [3.05, 3.63) is 58.4 Å². The summed E-state index contributed by atoms with van der Waals surface area (Å²) in [5, 5.41) is 14.7. The Kier molecular flexibility index (Phi) is 2.71. The molecule has 1 aromatic carbocycles. The molecule has 86 valence electrons. The number of fused-ring (bicyclic) bond motifs is 1. The van der Waals surface area contributed by atoms with Gasteiger partial charge in [-0.25, -0.2) is 0 Å². The molecule has 2 nitrogen and oxygen atoms in total. The molecule has 3 aromatic rings. The Balaban J connectivity index is 2.06. The van der Waals surface area contributed by atoms with Crippen molar-refractivity contribution in [2.45, 2.75) is 13.2 Å². The number of aromatic nitrogens is 1. The molecule has 0 atom stereocenters. The first-order valence-electron chi connectivity index (χ1n) is 5.57. The summed E-state index contributed by atoms with van der Waals surface area (Å²) in [7, 11) is 0. The molecule has 0 aliphatic carbocycles. The molecule has 2 aromatic heterocycles. The van der Waals surface area contributed by atoms with E-state index in [9.17, 15) is 5.11 Å². The van der Waals surface area contributed by atoms with Gasteiger partial charge in [0.1, 0.15) is 0 Å². The lowest BCUT2D eigenvalue weighted by Gasteiger charge is -2.05. The summed E-state index contributed by atoms with van der Waals surface area (Å²) in [6.45, 7) is 0.988. The van der Waals surface area contributed by atoms with E-state index in [1.54, 1.807) is 11.3 Å². The van der Waals surface area contributed by atoms with Crippen molar-refractivity contribution in [3.63, 3.8) is 0 Å². The van der Waals surface area contributed by atoms with Crippen LogP contribution in [-0.2, 0) is 13.2 Å². The summed E-state index contributed by atoms with van der Waals surface area (Å²) >= 11 is 1.72. The molecule has 0 saturated heterocycles. The second-order valence-electron chi connectivity index (χ2n) is 4.08. The standard InChI is InChI=1S/C14H13NOS/c16-9-12-2-1-3-14-13(12)4-6-15(14)8-11-5-7-17-10-11/h1-7,10,16H,8-9H2. The topological polar surface area (TPSA) is 25.2 Å². The fraction of sp³-hybridized carbons (Fsp3) is 0.143. The molecule has 0 fully saturated rings. The fourth-order valence-electron chi connectivity index (χ4n) is 2.14. The van der Waals surface area contributed by atoms with Crippen LogP contribution in [0.1, 0.15) is 11.1 Å². The zero-order valence-corrected chi connectivity index (χ0v) is 10.2. The summed E-state index contributed by atoms with van der Waals surface area (Å²) < 4.78 is 2.22. The van der Waals surface area contributed by atoms with Gasteiger partial charge in [0, 0.05) is 23.6 Å². The van der Waals surface area contributed by atoms with E-state index in [-0.39, 0.29) is 6.61 Å². The molecule has 2 heterocycles. The van der Waals surface area contributed by atoms with Crippen LogP contribution in [0.25, 0.3) is 10.9 Å². The molecule has 0 aliphatic heterocycles. The van der Waals surface area contributed by atoms with Gasteiger partial charge >= 0.3 is 0 Å². The number of thiophene rings is 1. The van der Waals surface area contributed by atoms with Crippen LogP contribution < -0.4 is 0 Å². The molecule has 3 rings (SSSR count). The van der Waals surface area contributed by atoms with Gasteiger partial charge in [0.15, 0.2) is 0 Å². The molecule has 1 N–H and O–H groups in total. The molecule has 0 radical (unpaired) electrons. The fourth-order valence-corrected chi connectivity index (χ4v) is 2.80. The highest BCUT2D eigenvalue weighted by atomic mass is 32.1. The minimum absolute atomic E-state index is 0.0970. The number of aliphatic hydroxyl groups is 1. The highest BCUT2D eigenvalue weighted by molar-refractivity contribution is 7.07. The highest BCUT2D eigenvalue weighted by Crippen LogP contribution is 2.21. The predicted molar refractivity (Wildman–Crippen MR) is 71.3 cm³/mol. The van der Waals surface area contributed by atoms with Crippen molar-refractivity contribution >= 4 is 22.2 Å². The molecule has 0 bridgehead atoms. The van der Waals surface area contributed by atoms with Gasteiger partial charge in [-0.05, 0) is 40.1 Å². The lowest BCUT2D eigenvalue weighted by Crippen LogP contribution is -1.96. The first-order chi connectivity index (χ1) is 8.38. The molecule has 3 heteroatoms. The Hall–Kier alpha value is -1.58. The summed E-state index contributed by atoms with van der Waals surface area (Å²) in [4.78, 5) is 0. The Morgan fingerprint density at radius 1 is 1.18 bits per heavy atom. The van der Waals surface area contributed by atoms with E-state index < -0.39 is 0 Å². The monoisotopic (exact) mass is 243 g/mol. The number of hydrogen-bond donors (Lipinski definition) is 1. The maximum Gasteiger partial charge on any atom is 0.0688 e. The average Bonchev–Trinajstić information content (AvgIpc) is 2.99. The van der Waals surface area contributed by atoms with Gasteiger partial charge in [0.25, 0.3) is 0 Å². The van der Waals surface area contributed by atoms with Crippen LogP contribution in [0, 0.1) is 0 Å². The van der Waals surface area contributed by atoms with Crippen LogP contribution in [0.4, 0.5) is 0 Å². The molecule has 0 spiro atoms. The van der Waals surface area contributed by atoms with Gasteiger partial charge < -0.3 is 9.67 Å². The molecular weight excluding hydrogens is 230 g/mol. The maximum atomic E-state index is 9.29. The van der Waals surface area contributed by atoms with Crippen LogP contribution in [0.15, 0.2) is 47.3 Å². The molecule has 0 amide bonds. The Bertz CT molecular complexity index is 625. The quantitative estimate of drug-likeness (QED) is 0.750. The Labute approximate surface area is 104 Å². The third-order valence-corrected chi connectivity index (χ3v) is 3.74. The third kappa shape index (κ3) is 1.88. The van der Waals surface area contributed by atoms with E-state index in [0.29, 0.717) is 0 Å². The zero-order chi connectivity index (χ0) is 11.7. The lowest BCUT2D eigenvalue weighted by molar-refractivity contribution is 0.283. The van der Waals surface area contributed by atoms with Crippen molar-refractivity contribution in [2.75, 3.05) is 0 Å². The number of benzene rings is 1. The molecule has 0 aliphatic rings. The minimum Gasteiger partial charge on any atom is -0.392 e. The summed E-state index contributed by atoms with van der Waals surface area (Å²) in [5.41, 5.74) is 3.50. The number of aliphatic hydroxyl groups excluding tert-OH is 1. The Morgan fingerprint density at radius 2 is 2.12 bits per heavy atom. The number of hydrogen-bond acceptors (Lipinski definition) is 2. The van der Waals surface area contributed by atoms with Gasteiger partial charge in [0.2, 0.25) is 0 Å². The normalized spacial score (nSPS) is 11.1. The lowest BCUT2D eigenvalue weighted by atomic mass is 10.1. The van der Waals surface area contributed by atoms with Gasteiger partial charge in [0.05, 0.1) is 6.61 Å². The predicted octanol–water partition coefficient (Wildman–Crippen LogP) is 3.24. The van der Waals surface area contributed by atoms with Gasteiger partial charge in [-0.2, -0.15) is 11.3 Å². The SMILES string of the molecule is OCc1cccc2c1ccn2Cc1ccsc1. The largest absolute Gasteiger partial charge is 0.392 e. The van der Waals surface area contributed by atoms with Crippen molar-refractivity contribution in [2.24, 2.45) is 0 Å². The van der Waals surface area contributed by atoms with E-state index in [1.165, 1.54) is 11.1 Å². The average molecular weight is 243 g/mol. The first kappa shape index (κ1) is 10.6. The van der Waals surface area contributed by atoms with E-state index in [4.69, 9.17) is 0 Å². The van der Waals surface area contributed by atoms with Gasteiger partial charge in [-0.15, -0.1) is 0 Å². The van der Waals surface area contributed by atoms with Gasteiger partial charge in [-0.3, -0.25) is 0 Å². The summed E-state index contributed by atoms with van der Waals surface area (Å²) in [6, 6.07) is 10.3. The first-order valence-corrected chi connectivity index (χ1v) is 6.51. The smallest absolute Gasteiger partial charge is 0.0688 e. The van der Waals surface area contributed by atoms with Gasteiger partial charge in [-0.1, -0.05) is 12.1 Å². The van der Waals surface area contributed by atoms with Crippen molar-refractivity contribution in [3.8, 4) is 0 Å². The summed E-state index contributed by atoms with van der Waals surface area (Å²) in [5.74, 6) is 0. The minimum atomic E-state index is 0.0970. The van der Waals surface area contributed by atoms with E-state index in [2.05, 4.69) is 39.7 Å². The van der Waals surface area contributed by atoms with Crippen LogP contribution in [0.2, 0.25) is 0 Å². The maximum absolute atomic E-state index is 9.29. The molecule has 0 unspecified atom stereocenters. The third-order valence-electron chi connectivity index (χ3n) is 3.01. The molecular formula is C14H13NOS. The van der Waals surface area contributed by atoms with Crippen molar-refractivity contribution in [1.29, 1.82) is 0 Å². The van der Waals surface area contributed by atoms with Crippen LogP contribution in [0.5, 0.6) is 0 Å². The second kappa shape index (κ2) is 4.35. The number of rotatable bonds is 3. The second-order valence-corrected chi connectivity index (χ2v) is 4.86. The van der Waals surface area contributed by atoms with E-state index in [0.717, 1.165) is 17.5 Å². The highest BCUT2D eigenvalue weighted by Gasteiger charge is 2.05. The van der Waals surface area contributed by atoms with Crippen molar-refractivity contribution < 1.29 is 5.11 Å². The Morgan fingerprint density at radius 3 is 2.88 bits per heavy atom. The van der Waals surface area contributed by atoms with Crippen LogP contribution >= 0.6 is 11.3 Å². The van der Waals surface area contributed by atoms with E-state index >= 15 is 0 Å². The molecule has 0 saturated carbocycles. The van der Waals surface area contributed by atoms with Crippen molar-refractivity contribution in [1.82, 2.24) is 4.57 Å². The molecule has 17 heavy (non-hydrogen) atoms. The van der Waals surface area contributed by atoms with Crippen LogP contribution in [-0.4, -0.2) is 9.67 Å². The number of nitrogens with zero attached hydrogens (tertiary/aromatic N) is 1. The van der Waals surface area contributed by atoms with E-state index in [1.807, 2.05) is 12.1 Å². The zero-order valence-electron chi connectivity index (χ0n) is 9.34. The summed E-state index contributed by atoms with van der Waals surface area (Å²) in [6.07, 6.45) is 2.08.